The minimum Gasteiger partial charge on any atom is -0.493 e. The minimum absolute atomic E-state index is 0.164. The molecule has 8 nitrogen and oxygen atoms in total. The van der Waals surface area contributed by atoms with Crippen molar-refractivity contribution < 1.29 is 19.2 Å². The first-order valence-electron chi connectivity index (χ1n) is 8.92. The number of nitrogens with zero attached hydrogens (tertiary/aromatic N) is 2. The number of nitro groups is 1. The Hall–Kier alpha value is -4.20. The van der Waals surface area contributed by atoms with Gasteiger partial charge in [-0.25, -0.2) is 5.43 Å². The molecule has 3 rings (SSSR count). The van der Waals surface area contributed by atoms with Crippen LogP contribution in [0.25, 0.3) is 11.1 Å². The molecule has 0 aliphatic rings. The number of nitrogens with one attached hydrogen (secondary N) is 1. The van der Waals surface area contributed by atoms with E-state index in [-0.39, 0.29) is 17.0 Å². The van der Waals surface area contributed by atoms with Crippen LogP contribution in [0, 0.1) is 10.1 Å². The van der Waals surface area contributed by atoms with Crippen molar-refractivity contribution in [2.75, 3.05) is 14.2 Å². The zero-order valence-electron chi connectivity index (χ0n) is 16.4. The van der Waals surface area contributed by atoms with Gasteiger partial charge in [-0.3, -0.25) is 14.9 Å². The summed E-state index contributed by atoms with van der Waals surface area (Å²) in [6, 6.07) is 19.5. The van der Waals surface area contributed by atoms with Crippen LogP contribution < -0.4 is 14.9 Å². The Morgan fingerprint density at radius 3 is 2.17 bits per heavy atom. The minimum atomic E-state index is -0.562. The van der Waals surface area contributed by atoms with E-state index in [2.05, 4.69) is 10.5 Å². The summed E-state index contributed by atoms with van der Waals surface area (Å²) in [4.78, 5) is 23.1. The van der Waals surface area contributed by atoms with Gasteiger partial charge in [0, 0.05) is 5.56 Å². The third-order valence-electron chi connectivity index (χ3n) is 4.35. The number of hydrogen-bond acceptors (Lipinski definition) is 6. The molecule has 0 heterocycles. The number of nitro benzene ring substituents is 1. The van der Waals surface area contributed by atoms with E-state index < -0.39 is 10.8 Å². The number of methoxy groups -OCH3 is 2. The number of hydrogen-bond donors (Lipinski definition) is 1. The molecule has 1 N–H and O–H groups in total. The molecule has 0 radical (unpaired) electrons. The maximum absolute atomic E-state index is 12.3. The van der Waals surface area contributed by atoms with E-state index in [9.17, 15) is 14.9 Å². The lowest BCUT2D eigenvalue weighted by atomic mass is 10.0. The highest BCUT2D eigenvalue weighted by Gasteiger charge is 2.18. The summed E-state index contributed by atoms with van der Waals surface area (Å²) in [6.07, 6.45) is 1.19. The summed E-state index contributed by atoms with van der Waals surface area (Å²) in [5.41, 5.74) is 4.75. The maximum atomic E-state index is 12.3. The molecule has 0 aromatic heterocycles. The summed E-state index contributed by atoms with van der Waals surface area (Å²) in [5.74, 6) is 0.102. The monoisotopic (exact) mass is 405 g/mol. The second-order valence-electron chi connectivity index (χ2n) is 6.17. The van der Waals surface area contributed by atoms with E-state index in [1.165, 1.54) is 32.6 Å². The zero-order chi connectivity index (χ0) is 21.5. The second-order valence-corrected chi connectivity index (χ2v) is 6.17. The second kappa shape index (κ2) is 9.33. The van der Waals surface area contributed by atoms with Crippen molar-refractivity contribution in [3.8, 4) is 22.6 Å². The Balaban J connectivity index is 1.75. The molecule has 0 saturated heterocycles. The fourth-order valence-electron chi connectivity index (χ4n) is 2.82. The number of rotatable bonds is 7. The van der Waals surface area contributed by atoms with Crippen molar-refractivity contribution in [2.24, 2.45) is 5.10 Å². The summed E-state index contributed by atoms with van der Waals surface area (Å²) in [5, 5.41) is 15.2. The molecule has 0 fully saturated rings. The first kappa shape index (κ1) is 20.5. The lowest BCUT2D eigenvalue weighted by Gasteiger charge is -2.08. The molecule has 3 aromatic rings. The topological polar surface area (TPSA) is 103 Å². The molecule has 152 valence electrons. The van der Waals surface area contributed by atoms with Crippen LogP contribution >= 0.6 is 0 Å². The van der Waals surface area contributed by atoms with Crippen molar-refractivity contribution in [1.82, 2.24) is 5.43 Å². The van der Waals surface area contributed by atoms with Crippen LogP contribution in [0.2, 0.25) is 0 Å². The van der Waals surface area contributed by atoms with Gasteiger partial charge in [-0.05, 0) is 29.3 Å². The fraction of sp³-hybridized carbons (Fsp3) is 0.0909. The van der Waals surface area contributed by atoms with Crippen LogP contribution in [0.4, 0.5) is 5.69 Å². The van der Waals surface area contributed by atoms with E-state index in [1.54, 1.807) is 12.1 Å². The van der Waals surface area contributed by atoms with E-state index >= 15 is 0 Å². The SMILES string of the molecule is COc1cc(C=NNC(=O)c2ccc(-c3ccccc3)cc2)c([N+](=O)[O-])cc1OC. The summed E-state index contributed by atoms with van der Waals surface area (Å²) in [7, 11) is 2.81. The van der Waals surface area contributed by atoms with Gasteiger partial charge in [0.25, 0.3) is 11.6 Å². The highest BCUT2D eigenvalue weighted by molar-refractivity contribution is 5.95. The van der Waals surface area contributed by atoms with Gasteiger partial charge in [0.05, 0.1) is 37.0 Å². The zero-order valence-corrected chi connectivity index (χ0v) is 16.4. The third-order valence-corrected chi connectivity index (χ3v) is 4.35. The molecule has 0 spiro atoms. The van der Waals surface area contributed by atoms with Crippen LogP contribution in [0.1, 0.15) is 15.9 Å². The molecule has 0 aliphatic heterocycles. The smallest absolute Gasteiger partial charge is 0.282 e. The highest BCUT2D eigenvalue weighted by Crippen LogP contribution is 2.33. The normalized spacial score (nSPS) is 10.6. The van der Waals surface area contributed by atoms with Gasteiger partial charge in [0.15, 0.2) is 11.5 Å². The number of benzene rings is 3. The van der Waals surface area contributed by atoms with E-state index in [0.717, 1.165) is 11.1 Å². The molecule has 0 saturated carbocycles. The Morgan fingerprint density at radius 2 is 1.57 bits per heavy atom. The van der Waals surface area contributed by atoms with E-state index in [1.807, 2.05) is 42.5 Å². The maximum Gasteiger partial charge on any atom is 0.282 e. The molecule has 30 heavy (non-hydrogen) atoms. The van der Waals surface area contributed by atoms with Crippen LogP contribution in [0.5, 0.6) is 11.5 Å². The van der Waals surface area contributed by atoms with Gasteiger partial charge >= 0.3 is 0 Å². The first-order chi connectivity index (χ1) is 14.5. The van der Waals surface area contributed by atoms with Crippen LogP contribution in [-0.4, -0.2) is 31.3 Å². The highest BCUT2D eigenvalue weighted by atomic mass is 16.6. The Morgan fingerprint density at radius 1 is 0.967 bits per heavy atom. The number of carbonyl (C=O) groups is 1. The fourth-order valence-corrected chi connectivity index (χ4v) is 2.82. The van der Waals surface area contributed by atoms with Crippen LogP contribution in [-0.2, 0) is 0 Å². The lowest BCUT2D eigenvalue weighted by molar-refractivity contribution is -0.385. The van der Waals surface area contributed by atoms with Crippen molar-refractivity contribution in [3.63, 3.8) is 0 Å². The standard InChI is InChI=1S/C22H19N3O5/c1-29-20-12-18(19(25(27)28)13-21(20)30-2)14-23-24-22(26)17-10-8-16(9-11-17)15-6-4-3-5-7-15/h3-14H,1-2H3,(H,24,26). The van der Waals surface area contributed by atoms with Crippen LogP contribution in [0.3, 0.4) is 0 Å². The summed E-state index contributed by atoms with van der Waals surface area (Å²) >= 11 is 0. The Kier molecular flexibility index (Phi) is 6.39. The molecule has 1 amide bonds. The molecule has 8 heteroatoms. The molecular formula is C22H19N3O5. The van der Waals surface area contributed by atoms with Crippen molar-refractivity contribution in [2.45, 2.75) is 0 Å². The van der Waals surface area contributed by atoms with Crippen molar-refractivity contribution in [3.05, 3.63) is 88.0 Å². The van der Waals surface area contributed by atoms with Crippen LogP contribution in [0.15, 0.2) is 71.8 Å². The molecule has 0 bridgehead atoms. The Labute approximate surface area is 172 Å². The van der Waals surface area contributed by atoms with Gasteiger partial charge in [0.1, 0.15) is 0 Å². The van der Waals surface area contributed by atoms with E-state index in [4.69, 9.17) is 9.47 Å². The molecule has 0 unspecified atom stereocenters. The average Bonchev–Trinajstić information content (AvgIpc) is 2.79. The largest absolute Gasteiger partial charge is 0.493 e. The predicted molar refractivity (Wildman–Crippen MR) is 113 cm³/mol. The molecule has 0 aliphatic carbocycles. The number of carbonyl (C=O) groups excluding carboxylic acids is 1. The van der Waals surface area contributed by atoms with Crippen molar-refractivity contribution >= 4 is 17.8 Å². The molecule has 3 aromatic carbocycles. The molecular weight excluding hydrogens is 386 g/mol. The lowest BCUT2D eigenvalue weighted by Crippen LogP contribution is -2.17. The summed E-state index contributed by atoms with van der Waals surface area (Å²) in [6.45, 7) is 0. The average molecular weight is 405 g/mol. The third kappa shape index (κ3) is 4.61. The van der Waals surface area contributed by atoms with Gasteiger partial charge in [-0.1, -0.05) is 42.5 Å². The molecule has 0 atom stereocenters. The van der Waals surface area contributed by atoms with Gasteiger partial charge in [-0.15, -0.1) is 0 Å². The van der Waals surface area contributed by atoms with Gasteiger partial charge < -0.3 is 9.47 Å². The van der Waals surface area contributed by atoms with Gasteiger partial charge in [-0.2, -0.15) is 5.10 Å². The van der Waals surface area contributed by atoms with Gasteiger partial charge in [0.2, 0.25) is 0 Å². The summed E-state index contributed by atoms with van der Waals surface area (Å²) < 4.78 is 10.2. The predicted octanol–water partition coefficient (Wildman–Crippen LogP) is 4.04. The van der Waals surface area contributed by atoms with Crippen molar-refractivity contribution in [1.29, 1.82) is 0 Å². The number of amides is 1. The number of ether oxygens (including phenoxy) is 2. The van der Waals surface area contributed by atoms with E-state index in [0.29, 0.717) is 11.3 Å². The first-order valence-corrected chi connectivity index (χ1v) is 8.92. The number of hydrazone groups is 1. The quantitative estimate of drug-likeness (QED) is 0.363. The Bertz CT molecular complexity index is 1080.